The number of benzene rings is 1. The first kappa shape index (κ1) is 17.5. The van der Waals surface area contributed by atoms with Crippen molar-refractivity contribution in [3.05, 3.63) is 24.3 Å². The van der Waals surface area contributed by atoms with Crippen LogP contribution < -0.4 is 15.4 Å². The lowest BCUT2D eigenvalue weighted by Crippen LogP contribution is -2.35. The Kier molecular flexibility index (Phi) is 6.68. The van der Waals surface area contributed by atoms with Crippen molar-refractivity contribution in [2.45, 2.75) is 32.4 Å². The van der Waals surface area contributed by atoms with Crippen LogP contribution in [0.3, 0.4) is 0 Å². The topological polar surface area (TPSA) is 67.4 Å². The minimum Gasteiger partial charge on any atom is -0.494 e. The van der Waals surface area contributed by atoms with Gasteiger partial charge in [0.1, 0.15) is 5.75 Å². The van der Waals surface area contributed by atoms with Gasteiger partial charge < -0.3 is 15.4 Å². The average Bonchev–Trinajstić information content (AvgIpc) is 2.40. The summed E-state index contributed by atoms with van der Waals surface area (Å²) in [7, 11) is -0.965. The molecule has 0 radical (unpaired) electrons. The molecule has 1 aromatic rings. The third kappa shape index (κ3) is 6.62. The van der Waals surface area contributed by atoms with Gasteiger partial charge in [0, 0.05) is 33.5 Å². The molecule has 1 aromatic carbocycles. The molecule has 0 saturated heterocycles. The first-order valence-electron chi connectivity index (χ1n) is 6.99. The summed E-state index contributed by atoms with van der Waals surface area (Å²) < 4.78 is 16.9. The standard InChI is InChI=1S/C15H24N2O3S/c1-5-20-13-8-6-12(7-9-13)17-14(18)16-10-11-21(19)15(2,3)4/h6-9H,5,10-11H2,1-4H3,(H2,16,17,18). The highest BCUT2D eigenvalue weighted by Gasteiger charge is 2.18. The molecule has 0 spiro atoms. The fraction of sp³-hybridized carbons (Fsp3) is 0.533. The van der Waals surface area contributed by atoms with Crippen LogP contribution in [0.15, 0.2) is 24.3 Å². The van der Waals surface area contributed by atoms with Crippen LogP contribution in [0.2, 0.25) is 0 Å². The van der Waals surface area contributed by atoms with E-state index in [2.05, 4.69) is 10.6 Å². The molecule has 1 unspecified atom stereocenters. The van der Waals surface area contributed by atoms with Crippen molar-refractivity contribution in [3.8, 4) is 5.75 Å². The maximum atomic E-state index is 11.8. The highest BCUT2D eigenvalue weighted by molar-refractivity contribution is 7.86. The molecule has 0 bridgehead atoms. The lowest BCUT2D eigenvalue weighted by atomic mass is 10.3. The van der Waals surface area contributed by atoms with Gasteiger partial charge in [0.2, 0.25) is 0 Å². The summed E-state index contributed by atoms with van der Waals surface area (Å²) in [6, 6.07) is 6.85. The summed E-state index contributed by atoms with van der Waals surface area (Å²) in [6.07, 6.45) is 0. The van der Waals surface area contributed by atoms with Crippen LogP contribution in [0, 0.1) is 0 Å². The zero-order valence-corrected chi connectivity index (χ0v) is 13.9. The predicted molar refractivity (Wildman–Crippen MR) is 87.4 cm³/mol. The minimum atomic E-state index is -0.965. The third-order valence-corrected chi connectivity index (χ3v) is 4.62. The first-order valence-corrected chi connectivity index (χ1v) is 8.31. The summed E-state index contributed by atoms with van der Waals surface area (Å²) in [4.78, 5) is 11.7. The minimum absolute atomic E-state index is 0.257. The Labute approximate surface area is 128 Å². The van der Waals surface area contributed by atoms with Crippen LogP contribution in [-0.4, -0.2) is 33.9 Å². The summed E-state index contributed by atoms with van der Waals surface area (Å²) in [5.41, 5.74) is 0.688. The number of amides is 2. The van der Waals surface area contributed by atoms with E-state index < -0.39 is 10.8 Å². The Morgan fingerprint density at radius 1 is 1.24 bits per heavy atom. The Bertz CT molecular complexity index is 481. The first-order chi connectivity index (χ1) is 9.82. The van der Waals surface area contributed by atoms with Gasteiger partial charge in [-0.1, -0.05) is 0 Å². The van der Waals surface area contributed by atoms with E-state index in [0.29, 0.717) is 24.6 Å². The van der Waals surface area contributed by atoms with Crippen LogP contribution in [0.25, 0.3) is 0 Å². The number of carbonyl (C=O) groups is 1. The zero-order valence-electron chi connectivity index (χ0n) is 13.1. The Hall–Kier alpha value is -1.56. The molecule has 0 aliphatic heterocycles. The number of hydrogen-bond donors (Lipinski definition) is 2. The number of anilines is 1. The monoisotopic (exact) mass is 312 g/mol. The molecule has 21 heavy (non-hydrogen) atoms. The Morgan fingerprint density at radius 3 is 2.38 bits per heavy atom. The second kappa shape index (κ2) is 8.02. The van der Waals surface area contributed by atoms with E-state index in [4.69, 9.17) is 4.74 Å². The molecule has 0 aliphatic carbocycles. The van der Waals surface area contributed by atoms with E-state index in [1.165, 1.54) is 0 Å². The number of urea groups is 1. The van der Waals surface area contributed by atoms with Gasteiger partial charge in [-0.25, -0.2) is 4.79 Å². The van der Waals surface area contributed by atoms with Crippen molar-refractivity contribution in [2.75, 3.05) is 24.2 Å². The van der Waals surface area contributed by atoms with Crippen LogP contribution in [-0.2, 0) is 10.8 Å². The molecule has 6 heteroatoms. The van der Waals surface area contributed by atoms with Crippen LogP contribution in [0.5, 0.6) is 5.75 Å². The molecule has 0 aromatic heterocycles. The van der Waals surface area contributed by atoms with E-state index in [-0.39, 0.29) is 10.8 Å². The van der Waals surface area contributed by atoms with Gasteiger partial charge in [0.05, 0.1) is 6.61 Å². The predicted octanol–water partition coefficient (Wildman–Crippen LogP) is 2.75. The van der Waals surface area contributed by atoms with Gasteiger partial charge in [-0.2, -0.15) is 0 Å². The van der Waals surface area contributed by atoms with Crippen molar-refractivity contribution >= 4 is 22.5 Å². The molecule has 2 amide bonds. The second-order valence-electron chi connectivity index (χ2n) is 5.50. The Morgan fingerprint density at radius 2 is 1.86 bits per heavy atom. The molecule has 1 atom stereocenters. The molecule has 0 aliphatic rings. The third-order valence-electron chi connectivity index (χ3n) is 2.68. The summed E-state index contributed by atoms with van der Waals surface area (Å²) >= 11 is 0. The van der Waals surface area contributed by atoms with Crippen molar-refractivity contribution < 1.29 is 13.7 Å². The molecule has 2 N–H and O–H groups in total. The van der Waals surface area contributed by atoms with Gasteiger partial charge in [0.15, 0.2) is 0 Å². The van der Waals surface area contributed by atoms with Crippen LogP contribution in [0.4, 0.5) is 10.5 Å². The highest BCUT2D eigenvalue weighted by atomic mass is 32.2. The molecule has 1 rings (SSSR count). The van der Waals surface area contributed by atoms with Gasteiger partial charge >= 0.3 is 6.03 Å². The molecule has 5 nitrogen and oxygen atoms in total. The van der Waals surface area contributed by atoms with Gasteiger partial charge in [-0.15, -0.1) is 0 Å². The average molecular weight is 312 g/mol. The highest BCUT2D eigenvalue weighted by Crippen LogP contribution is 2.15. The molecule has 0 saturated carbocycles. The second-order valence-corrected chi connectivity index (χ2v) is 7.82. The quantitative estimate of drug-likeness (QED) is 0.849. The number of carbonyl (C=O) groups excluding carboxylic acids is 1. The van der Waals surface area contributed by atoms with E-state index in [0.717, 1.165) is 5.75 Å². The Balaban J connectivity index is 2.35. The summed E-state index contributed by atoms with van der Waals surface area (Å²) in [5.74, 6) is 1.21. The van der Waals surface area contributed by atoms with E-state index in [9.17, 15) is 9.00 Å². The fourth-order valence-corrected chi connectivity index (χ4v) is 2.44. The maximum absolute atomic E-state index is 11.8. The van der Waals surface area contributed by atoms with Crippen molar-refractivity contribution in [1.29, 1.82) is 0 Å². The summed E-state index contributed by atoms with van der Waals surface area (Å²) in [5, 5.41) is 5.42. The van der Waals surface area contributed by atoms with E-state index >= 15 is 0 Å². The van der Waals surface area contributed by atoms with E-state index in [1.54, 1.807) is 24.3 Å². The van der Waals surface area contributed by atoms with Gasteiger partial charge in [-0.3, -0.25) is 4.21 Å². The normalized spacial score (nSPS) is 12.6. The van der Waals surface area contributed by atoms with E-state index in [1.807, 2.05) is 27.7 Å². The fourth-order valence-electron chi connectivity index (χ4n) is 1.54. The molecular weight excluding hydrogens is 288 g/mol. The zero-order chi connectivity index (χ0) is 15.9. The molecule has 0 fully saturated rings. The molecule has 0 heterocycles. The van der Waals surface area contributed by atoms with Crippen LogP contribution in [0.1, 0.15) is 27.7 Å². The summed E-state index contributed by atoms with van der Waals surface area (Å²) in [6.45, 7) is 8.67. The number of ether oxygens (including phenoxy) is 1. The molecule has 118 valence electrons. The number of hydrogen-bond acceptors (Lipinski definition) is 3. The van der Waals surface area contributed by atoms with Crippen molar-refractivity contribution in [2.24, 2.45) is 0 Å². The smallest absolute Gasteiger partial charge is 0.319 e. The lowest BCUT2D eigenvalue weighted by Gasteiger charge is -2.17. The van der Waals surface area contributed by atoms with Crippen LogP contribution >= 0.6 is 0 Å². The van der Waals surface area contributed by atoms with Gasteiger partial charge in [0.25, 0.3) is 0 Å². The number of nitrogens with one attached hydrogen (secondary N) is 2. The maximum Gasteiger partial charge on any atom is 0.319 e. The largest absolute Gasteiger partial charge is 0.494 e. The van der Waals surface area contributed by atoms with Crippen molar-refractivity contribution in [3.63, 3.8) is 0 Å². The number of rotatable bonds is 6. The SMILES string of the molecule is CCOc1ccc(NC(=O)NCCS(=O)C(C)(C)C)cc1. The van der Waals surface area contributed by atoms with Gasteiger partial charge in [-0.05, 0) is 52.0 Å². The lowest BCUT2D eigenvalue weighted by molar-refractivity contribution is 0.252. The molecular formula is C15H24N2O3S. The van der Waals surface area contributed by atoms with Crippen molar-refractivity contribution in [1.82, 2.24) is 5.32 Å².